The van der Waals surface area contributed by atoms with Gasteiger partial charge < -0.3 is 14.6 Å². The maximum Gasteiger partial charge on any atom is 0.259 e. The van der Waals surface area contributed by atoms with E-state index in [2.05, 4.69) is 63.7 Å². The minimum absolute atomic E-state index is 0.119. The first-order chi connectivity index (χ1) is 14.7. The summed E-state index contributed by atoms with van der Waals surface area (Å²) in [6, 6.07) is 22.0. The predicted octanol–water partition coefficient (Wildman–Crippen LogP) is 4.39. The normalized spacial score (nSPS) is 11.3. The third-order valence-electron chi connectivity index (χ3n) is 5.04. The van der Waals surface area contributed by atoms with Crippen LogP contribution in [0.3, 0.4) is 0 Å². The van der Waals surface area contributed by atoms with Gasteiger partial charge in [-0.2, -0.15) is 5.10 Å². The molecule has 4 rings (SSSR count). The Labute approximate surface area is 175 Å². The van der Waals surface area contributed by atoms with Gasteiger partial charge in [-0.1, -0.05) is 30.3 Å². The van der Waals surface area contributed by atoms with Gasteiger partial charge in [0.05, 0.1) is 19.9 Å². The Kier molecular flexibility index (Phi) is 5.66. The summed E-state index contributed by atoms with van der Waals surface area (Å²) in [7, 11) is 1.61. The maximum atomic E-state index is 12.1. The van der Waals surface area contributed by atoms with Crippen LogP contribution in [0.5, 0.6) is 5.75 Å². The number of para-hydroxylation sites is 1. The Morgan fingerprint density at radius 3 is 2.70 bits per heavy atom. The Morgan fingerprint density at radius 1 is 1.03 bits per heavy atom. The summed E-state index contributed by atoms with van der Waals surface area (Å²) < 4.78 is 7.48. The summed E-state index contributed by atoms with van der Waals surface area (Å²) in [5.74, 6) is 0.510. The van der Waals surface area contributed by atoms with Gasteiger partial charge in [0.2, 0.25) is 0 Å². The van der Waals surface area contributed by atoms with Crippen LogP contribution in [-0.4, -0.2) is 30.3 Å². The summed E-state index contributed by atoms with van der Waals surface area (Å²) in [5, 5.41) is 9.56. The van der Waals surface area contributed by atoms with Gasteiger partial charge in [-0.25, -0.2) is 5.43 Å². The van der Waals surface area contributed by atoms with Crippen LogP contribution < -0.4 is 15.5 Å². The number of fused-ring (bicyclic) bond motifs is 3. The molecule has 1 amide bonds. The van der Waals surface area contributed by atoms with Crippen molar-refractivity contribution in [2.45, 2.75) is 13.5 Å². The highest BCUT2D eigenvalue weighted by Gasteiger charge is 2.09. The lowest BCUT2D eigenvalue weighted by atomic mass is 10.1. The largest absolute Gasteiger partial charge is 0.497 e. The van der Waals surface area contributed by atoms with E-state index in [-0.39, 0.29) is 12.5 Å². The smallest absolute Gasteiger partial charge is 0.259 e. The molecule has 0 aliphatic rings. The quantitative estimate of drug-likeness (QED) is 0.357. The highest BCUT2D eigenvalue weighted by molar-refractivity contribution is 6.09. The van der Waals surface area contributed by atoms with Crippen LogP contribution in [0.1, 0.15) is 12.5 Å². The molecule has 0 aliphatic carbocycles. The van der Waals surface area contributed by atoms with Gasteiger partial charge >= 0.3 is 0 Å². The van der Waals surface area contributed by atoms with Crippen molar-refractivity contribution in [3.05, 3.63) is 72.3 Å². The van der Waals surface area contributed by atoms with Crippen LogP contribution in [0.15, 0.2) is 71.8 Å². The van der Waals surface area contributed by atoms with E-state index in [0.717, 1.165) is 23.5 Å². The number of hydrogen-bond acceptors (Lipinski definition) is 4. The minimum atomic E-state index is -0.224. The minimum Gasteiger partial charge on any atom is -0.497 e. The highest BCUT2D eigenvalue weighted by Crippen LogP contribution is 2.29. The zero-order valence-electron chi connectivity index (χ0n) is 17.1. The standard InChI is InChI=1S/C24H24N4O2/c1-3-28-22-10-5-4-9-20(22)21-13-17(11-12-23(21)28)15-26-27-24(29)16-25-18-7-6-8-19(14-18)30-2/h4-15,25H,3,16H2,1-2H3,(H,27,29)/b26-15-. The second-order valence-electron chi connectivity index (χ2n) is 6.92. The molecule has 6 nitrogen and oxygen atoms in total. The van der Waals surface area contributed by atoms with E-state index in [9.17, 15) is 4.79 Å². The van der Waals surface area contributed by atoms with Crippen molar-refractivity contribution >= 4 is 39.6 Å². The first-order valence-electron chi connectivity index (χ1n) is 9.90. The number of aromatic nitrogens is 1. The Hall–Kier alpha value is -3.80. The number of aryl methyl sites for hydroxylation is 1. The second kappa shape index (κ2) is 8.69. The lowest BCUT2D eigenvalue weighted by Crippen LogP contribution is -2.25. The number of anilines is 1. The molecular formula is C24H24N4O2. The van der Waals surface area contributed by atoms with Crippen molar-refractivity contribution in [1.82, 2.24) is 9.99 Å². The fraction of sp³-hybridized carbons (Fsp3) is 0.167. The van der Waals surface area contributed by atoms with Crippen molar-refractivity contribution in [3.63, 3.8) is 0 Å². The molecule has 0 aliphatic heterocycles. The number of benzene rings is 3. The Morgan fingerprint density at radius 2 is 1.87 bits per heavy atom. The van der Waals surface area contributed by atoms with E-state index in [4.69, 9.17) is 4.74 Å². The molecule has 0 unspecified atom stereocenters. The number of nitrogens with zero attached hydrogens (tertiary/aromatic N) is 2. The van der Waals surface area contributed by atoms with Gasteiger partial charge in [-0.3, -0.25) is 4.79 Å². The summed E-state index contributed by atoms with van der Waals surface area (Å²) in [5.41, 5.74) is 6.73. The zero-order valence-corrected chi connectivity index (χ0v) is 17.1. The van der Waals surface area contributed by atoms with Crippen molar-refractivity contribution in [2.75, 3.05) is 19.0 Å². The number of hydrazone groups is 1. The van der Waals surface area contributed by atoms with Gasteiger partial charge in [0.25, 0.3) is 5.91 Å². The van der Waals surface area contributed by atoms with Gasteiger partial charge in [-0.05, 0) is 42.8 Å². The number of amides is 1. The molecule has 2 N–H and O–H groups in total. The van der Waals surface area contributed by atoms with Crippen molar-refractivity contribution < 1.29 is 9.53 Å². The topological polar surface area (TPSA) is 67.7 Å². The highest BCUT2D eigenvalue weighted by atomic mass is 16.5. The monoisotopic (exact) mass is 400 g/mol. The number of carbonyl (C=O) groups is 1. The third kappa shape index (κ3) is 3.98. The molecule has 1 aromatic heterocycles. The molecule has 3 aromatic carbocycles. The average molecular weight is 400 g/mol. The van der Waals surface area contributed by atoms with Crippen LogP contribution in [0.25, 0.3) is 21.8 Å². The van der Waals surface area contributed by atoms with E-state index in [1.54, 1.807) is 13.3 Å². The molecule has 1 heterocycles. The fourth-order valence-corrected chi connectivity index (χ4v) is 3.63. The zero-order chi connectivity index (χ0) is 20.9. The number of hydrogen-bond donors (Lipinski definition) is 2. The van der Waals surface area contributed by atoms with Crippen LogP contribution in [-0.2, 0) is 11.3 Å². The SMILES string of the molecule is CCn1c2ccccc2c2cc(/C=N\NC(=O)CNc3cccc(OC)c3)ccc21. The van der Waals surface area contributed by atoms with E-state index < -0.39 is 0 Å². The van der Waals surface area contributed by atoms with E-state index >= 15 is 0 Å². The van der Waals surface area contributed by atoms with E-state index in [1.165, 1.54) is 21.8 Å². The van der Waals surface area contributed by atoms with Crippen LogP contribution >= 0.6 is 0 Å². The molecular weight excluding hydrogens is 376 g/mol. The van der Waals surface area contributed by atoms with Crippen molar-refractivity contribution in [2.24, 2.45) is 5.10 Å². The molecule has 0 saturated heterocycles. The molecule has 0 saturated carbocycles. The van der Waals surface area contributed by atoms with Gasteiger partial charge in [0.15, 0.2) is 0 Å². The van der Waals surface area contributed by atoms with Crippen LogP contribution in [0.4, 0.5) is 5.69 Å². The van der Waals surface area contributed by atoms with Crippen LogP contribution in [0.2, 0.25) is 0 Å². The van der Waals surface area contributed by atoms with Gasteiger partial charge in [0.1, 0.15) is 5.75 Å². The Balaban J connectivity index is 1.43. The number of rotatable bonds is 7. The molecule has 152 valence electrons. The molecule has 6 heteroatoms. The molecule has 0 fully saturated rings. The maximum absolute atomic E-state index is 12.1. The van der Waals surface area contributed by atoms with Crippen LogP contribution in [0, 0.1) is 0 Å². The first-order valence-corrected chi connectivity index (χ1v) is 9.90. The molecule has 0 atom stereocenters. The lowest BCUT2D eigenvalue weighted by Gasteiger charge is -2.07. The lowest BCUT2D eigenvalue weighted by molar-refractivity contribution is -0.119. The average Bonchev–Trinajstić information content (AvgIpc) is 3.11. The summed E-state index contributed by atoms with van der Waals surface area (Å²) in [6.45, 7) is 3.18. The number of carbonyl (C=O) groups excluding carboxylic acids is 1. The fourth-order valence-electron chi connectivity index (χ4n) is 3.63. The van der Waals surface area contributed by atoms with Crippen molar-refractivity contribution in [1.29, 1.82) is 0 Å². The van der Waals surface area contributed by atoms with Crippen molar-refractivity contribution in [3.8, 4) is 5.75 Å². The van der Waals surface area contributed by atoms with Gasteiger partial charge in [-0.15, -0.1) is 0 Å². The molecule has 30 heavy (non-hydrogen) atoms. The third-order valence-corrected chi connectivity index (χ3v) is 5.04. The summed E-state index contributed by atoms with van der Waals surface area (Å²) in [4.78, 5) is 12.1. The number of methoxy groups -OCH3 is 1. The molecule has 0 spiro atoms. The summed E-state index contributed by atoms with van der Waals surface area (Å²) in [6.07, 6.45) is 1.67. The predicted molar refractivity (Wildman–Crippen MR) is 122 cm³/mol. The Bertz CT molecular complexity index is 1230. The van der Waals surface area contributed by atoms with Gasteiger partial charge in [0, 0.05) is 40.1 Å². The molecule has 0 radical (unpaired) electrons. The summed E-state index contributed by atoms with van der Waals surface area (Å²) >= 11 is 0. The number of ether oxygens (including phenoxy) is 1. The molecule has 0 bridgehead atoms. The molecule has 4 aromatic rings. The number of nitrogens with one attached hydrogen (secondary N) is 2. The second-order valence-corrected chi connectivity index (χ2v) is 6.92. The first kappa shape index (κ1) is 19.5. The van der Waals surface area contributed by atoms with E-state index in [1.807, 2.05) is 30.3 Å². The van der Waals surface area contributed by atoms with E-state index in [0.29, 0.717) is 0 Å².